The number of carbonyl (C=O) groups is 1. The van der Waals surface area contributed by atoms with Crippen LogP contribution in [0, 0.1) is 12.8 Å². The molecule has 0 saturated carbocycles. The lowest BCUT2D eigenvalue weighted by atomic mass is 10.1. The molecule has 0 radical (unpaired) electrons. The maximum atomic E-state index is 12.6. The number of hydrogen-bond donors (Lipinski definition) is 0. The lowest BCUT2D eigenvalue weighted by molar-refractivity contribution is 0.0786. The van der Waals surface area contributed by atoms with Crippen molar-refractivity contribution in [1.29, 1.82) is 0 Å². The third kappa shape index (κ3) is 2.85. The fourth-order valence-corrected chi connectivity index (χ4v) is 3.66. The van der Waals surface area contributed by atoms with Crippen molar-refractivity contribution in [3.63, 3.8) is 0 Å². The minimum Gasteiger partial charge on any atom is -0.338 e. The van der Waals surface area contributed by atoms with Gasteiger partial charge >= 0.3 is 0 Å². The van der Waals surface area contributed by atoms with Gasteiger partial charge in [0.25, 0.3) is 5.91 Å². The van der Waals surface area contributed by atoms with E-state index in [9.17, 15) is 4.79 Å². The van der Waals surface area contributed by atoms with Crippen LogP contribution in [0.25, 0.3) is 0 Å². The Morgan fingerprint density at radius 2 is 2.38 bits per heavy atom. The largest absolute Gasteiger partial charge is 0.338 e. The van der Waals surface area contributed by atoms with Gasteiger partial charge in [0.1, 0.15) is 0 Å². The molecule has 0 aliphatic carbocycles. The van der Waals surface area contributed by atoms with Crippen molar-refractivity contribution in [2.45, 2.75) is 33.2 Å². The van der Waals surface area contributed by atoms with Crippen molar-refractivity contribution in [1.82, 2.24) is 19.7 Å². The number of nitrogens with zero attached hydrogens (tertiary/aromatic N) is 4. The maximum absolute atomic E-state index is 12.6. The summed E-state index contributed by atoms with van der Waals surface area (Å²) >= 11 is 1.70. The summed E-state index contributed by atoms with van der Waals surface area (Å²) < 4.78 is 1.87. The van der Waals surface area contributed by atoms with Crippen LogP contribution in [0.15, 0.2) is 17.8 Å². The van der Waals surface area contributed by atoms with Crippen LogP contribution in [-0.2, 0) is 13.0 Å². The molecule has 1 saturated heterocycles. The zero-order chi connectivity index (χ0) is 14.8. The van der Waals surface area contributed by atoms with Crippen molar-refractivity contribution >= 4 is 17.2 Å². The first-order valence-corrected chi connectivity index (χ1v) is 8.27. The van der Waals surface area contributed by atoms with Crippen molar-refractivity contribution in [3.8, 4) is 0 Å². The van der Waals surface area contributed by atoms with Gasteiger partial charge in [-0.25, -0.2) is 4.98 Å². The number of likely N-dealkylation sites (tertiary alicyclic amines) is 1. The van der Waals surface area contributed by atoms with E-state index < -0.39 is 0 Å². The van der Waals surface area contributed by atoms with E-state index in [1.165, 1.54) is 5.01 Å². The molecule has 0 aromatic carbocycles. The van der Waals surface area contributed by atoms with Crippen molar-refractivity contribution in [2.75, 3.05) is 13.1 Å². The molecule has 0 bridgehead atoms. The van der Waals surface area contributed by atoms with Gasteiger partial charge in [-0.3, -0.25) is 9.48 Å². The molecule has 5 nitrogen and oxygen atoms in total. The van der Waals surface area contributed by atoms with Crippen LogP contribution in [-0.4, -0.2) is 38.7 Å². The van der Waals surface area contributed by atoms with Crippen LogP contribution in [0.2, 0.25) is 0 Å². The van der Waals surface area contributed by atoms with Gasteiger partial charge in [-0.15, -0.1) is 11.3 Å². The monoisotopic (exact) mass is 304 g/mol. The Labute approximate surface area is 128 Å². The third-order valence-electron chi connectivity index (χ3n) is 4.15. The van der Waals surface area contributed by atoms with Crippen LogP contribution in [0.3, 0.4) is 0 Å². The standard InChI is InChI=1S/C15H20N4OS/c1-3-19-11(2)13(9-17-19)15(20)18-6-4-12(10-18)8-14-16-5-7-21-14/h5,7,9,12H,3-4,6,8,10H2,1-2H3. The van der Waals surface area contributed by atoms with E-state index in [4.69, 9.17) is 0 Å². The average Bonchev–Trinajstić information content (AvgIpc) is 3.20. The number of amides is 1. The molecule has 112 valence electrons. The van der Waals surface area contributed by atoms with Gasteiger partial charge < -0.3 is 4.90 Å². The molecule has 0 N–H and O–H groups in total. The highest BCUT2D eigenvalue weighted by Gasteiger charge is 2.29. The Morgan fingerprint density at radius 1 is 1.52 bits per heavy atom. The normalized spacial score (nSPS) is 18.4. The fraction of sp³-hybridized carbons (Fsp3) is 0.533. The second kappa shape index (κ2) is 5.97. The minimum absolute atomic E-state index is 0.119. The Balaban J connectivity index is 1.65. The lowest BCUT2D eigenvalue weighted by Gasteiger charge is -2.16. The van der Waals surface area contributed by atoms with E-state index in [0.29, 0.717) is 5.92 Å². The summed E-state index contributed by atoms with van der Waals surface area (Å²) in [5.74, 6) is 0.649. The number of rotatable bonds is 4. The van der Waals surface area contributed by atoms with Gasteiger partial charge in [0.2, 0.25) is 0 Å². The van der Waals surface area contributed by atoms with Gasteiger partial charge in [-0.1, -0.05) is 0 Å². The summed E-state index contributed by atoms with van der Waals surface area (Å²) in [4.78, 5) is 18.9. The van der Waals surface area contributed by atoms with Crippen LogP contribution in [0.4, 0.5) is 0 Å². The Morgan fingerprint density at radius 3 is 3.05 bits per heavy atom. The first kappa shape index (κ1) is 14.3. The van der Waals surface area contributed by atoms with Crippen LogP contribution in [0.1, 0.15) is 34.4 Å². The van der Waals surface area contributed by atoms with Gasteiger partial charge in [0, 0.05) is 43.3 Å². The Bertz CT molecular complexity index is 620. The summed E-state index contributed by atoms with van der Waals surface area (Å²) in [6, 6.07) is 0. The molecule has 3 rings (SSSR count). The third-order valence-corrected chi connectivity index (χ3v) is 4.95. The molecular weight excluding hydrogens is 284 g/mol. The summed E-state index contributed by atoms with van der Waals surface area (Å²) in [5.41, 5.74) is 1.71. The average molecular weight is 304 g/mol. The van der Waals surface area contributed by atoms with E-state index in [0.717, 1.165) is 43.7 Å². The van der Waals surface area contributed by atoms with Crippen LogP contribution < -0.4 is 0 Å². The Hall–Kier alpha value is -1.69. The Kier molecular flexibility index (Phi) is 4.05. The molecule has 2 aromatic rings. The van der Waals surface area contributed by atoms with Crippen molar-refractivity contribution < 1.29 is 4.79 Å². The first-order valence-electron chi connectivity index (χ1n) is 7.39. The van der Waals surface area contributed by atoms with E-state index in [-0.39, 0.29) is 5.91 Å². The summed E-state index contributed by atoms with van der Waals surface area (Å²) in [6.07, 6.45) is 5.59. The topological polar surface area (TPSA) is 51.0 Å². The molecule has 6 heteroatoms. The second-order valence-electron chi connectivity index (χ2n) is 5.50. The van der Waals surface area contributed by atoms with Gasteiger partial charge in [-0.05, 0) is 26.2 Å². The highest BCUT2D eigenvalue weighted by atomic mass is 32.1. The molecule has 1 fully saturated rings. The number of carbonyl (C=O) groups excluding carboxylic acids is 1. The number of aromatic nitrogens is 3. The number of thiazole rings is 1. The summed E-state index contributed by atoms with van der Waals surface area (Å²) in [7, 11) is 0. The molecule has 1 unspecified atom stereocenters. The van der Waals surface area contributed by atoms with Gasteiger partial charge in [0.15, 0.2) is 0 Å². The number of hydrogen-bond acceptors (Lipinski definition) is 4. The summed E-state index contributed by atoms with van der Waals surface area (Å²) in [5, 5.41) is 7.45. The molecule has 1 aliphatic heterocycles. The van der Waals surface area contributed by atoms with Crippen LogP contribution >= 0.6 is 11.3 Å². The van der Waals surface area contributed by atoms with Gasteiger partial charge in [-0.2, -0.15) is 5.10 Å². The van der Waals surface area contributed by atoms with E-state index >= 15 is 0 Å². The molecule has 3 heterocycles. The lowest BCUT2D eigenvalue weighted by Crippen LogP contribution is -2.29. The molecule has 1 aliphatic rings. The molecular formula is C15H20N4OS. The predicted octanol–water partition coefficient (Wildman–Crippen LogP) is 2.37. The number of aryl methyl sites for hydroxylation is 1. The highest BCUT2D eigenvalue weighted by Crippen LogP contribution is 2.24. The SMILES string of the molecule is CCn1ncc(C(=O)N2CCC(Cc3nccs3)C2)c1C. The van der Waals surface area contributed by atoms with Crippen molar-refractivity contribution in [2.24, 2.45) is 5.92 Å². The van der Waals surface area contributed by atoms with E-state index in [2.05, 4.69) is 10.1 Å². The highest BCUT2D eigenvalue weighted by molar-refractivity contribution is 7.09. The quantitative estimate of drug-likeness (QED) is 0.871. The smallest absolute Gasteiger partial charge is 0.257 e. The zero-order valence-electron chi connectivity index (χ0n) is 12.5. The molecule has 1 amide bonds. The minimum atomic E-state index is 0.119. The second-order valence-corrected chi connectivity index (χ2v) is 6.47. The molecule has 1 atom stereocenters. The van der Waals surface area contributed by atoms with E-state index in [1.807, 2.05) is 35.0 Å². The summed E-state index contributed by atoms with van der Waals surface area (Å²) in [6.45, 7) is 6.47. The first-order chi connectivity index (χ1) is 10.2. The maximum Gasteiger partial charge on any atom is 0.257 e. The van der Waals surface area contributed by atoms with Gasteiger partial charge in [0.05, 0.1) is 16.8 Å². The molecule has 2 aromatic heterocycles. The predicted molar refractivity (Wildman–Crippen MR) is 82.5 cm³/mol. The zero-order valence-corrected chi connectivity index (χ0v) is 13.3. The van der Waals surface area contributed by atoms with Crippen molar-refractivity contribution in [3.05, 3.63) is 34.0 Å². The molecule has 21 heavy (non-hydrogen) atoms. The van der Waals surface area contributed by atoms with E-state index in [1.54, 1.807) is 17.5 Å². The molecule has 0 spiro atoms. The fourth-order valence-electron chi connectivity index (χ4n) is 2.93. The van der Waals surface area contributed by atoms with Crippen LogP contribution in [0.5, 0.6) is 0 Å².